The van der Waals surface area contributed by atoms with E-state index in [1.807, 2.05) is 0 Å². The van der Waals surface area contributed by atoms with Gasteiger partial charge in [-0.2, -0.15) is 0 Å². The molecule has 0 aromatic carbocycles. The van der Waals surface area contributed by atoms with E-state index in [2.05, 4.69) is 13.8 Å². The fraction of sp³-hybridized carbons (Fsp3) is 0.905. The normalized spacial score (nSPS) is 56.3. The van der Waals surface area contributed by atoms with Crippen molar-refractivity contribution < 1.29 is 19.1 Å². The Balaban J connectivity index is 1.44. The minimum atomic E-state index is -0.136. The number of hydrogen-bond acceptors (Lipinski definition) is 4. The van der Waals surface area contributed by atoms with Gasteiger partial charge in [-0.15, -0.1) is 0 Å². The number of carbonyl (C=O) groups excluding carboxylic acids is 2. The molecule has 0 unspecified atom stereocenters. The van der Waals surface area contributed by atoms with Gasteiger partial charge in [0.2, 0.25) is 0 Å². The molecule has 1 spiro atoms. The zero-order valence-corrected chi connectivity index (χ0v) is 15.7. The Morgan fingerprint density at radius 1 is 1.08 bits per heavy atom. The monoisotopic (exact) mass is 346 g/mol. The second kappa shape index (κ2) is 4.88. The summed E-state index contributed by atoms with van der Waals surface area (Å²) in [7, 11) is 0. The average Bonchev–Trinajstić information content (AvgIpc) is 3.22. The van der Waals surface area contributed by atoms with E-state index in [0.29, 0.717) is 30.0 Å². The first-order valence-electron chi connectivity index (χ1n) is 10.2. The quantitative estimate of drug-likeness (QED) is 0.537. The van der Waals surface area contributed by atoms with Crippen LogP contribution in [0.3, 0.4) is 0 Å². The fourth-order valence-corrected chi connectivity index (χ4v) is 7.84. The smallest absolute Gasteiger partial charge is 0.302 e. The summed E-state index contributed by atoms with van der Waals surface area (Å²) in [5, 5.41) is 0. The number of fused-ring (bicyclic) bond motifs is 4. The third kappa shape index (κ3) is 1.87. The predicted octanol–water partition coefficient (Wildman–Crippen LogP) is 3.66. The molecule has 8 atom stereocenters. The van der Waals surface area contributed by atoms with Gasteiger partial charge >= 0.3 is 5.97 Å². The van der Waals surface area contributed by atoms with Crippen LogP contribution in [0.25, 0.3) is 0 Å². The maximum atomic E-state index is 12.2. The van der Waals surface area contributed by atoms with Crippen LogP contribution in [0.5, 0.6) is 0 Å². The van der Waals surface area contributed by atoms with Gasteiger partial charge in [-0.25, -0.2) is 0 Å². The summed E-state index contributed by atoms with van der Waals surface area (Å²) in [6, 6.07) is 0. The zero-order chi connectivity index (χ0) is 17.6. The van der Waals surface area contributed by atoms with Crippen molar-refractivity contribution >= 4 is 11.8 Å². The summed E-state index contributed by atoms with van der Waals surface area (Å²) in [5.74, 6) is 2.22. The lowest BCUT2D eigenvalue weighted by Crippen LogP contribution is -2.58. The van der Waals surface area contributed by atoms with Crippen LogP contribution in [0.15, 0.2) is 0 Å². The van der Waals surface area contributed by atoms with E-state index in [1.54, 1.807) is 0 Å². The Kier molecular flexibility index (Phi) is 3.18. The molecule has 1 aliphatic heterocycles. The first-order chi connectivity index (χ1) is 11.8. The molecule has 1 heterocycles. The molecule has 4 heteroatoms. The molecule has 4 nitrogen and oxygen atoms in total. The lowest BCUT2D eigenvalue weighted by atomic mass is 9.45. The highest BCUT2D eigenvalue weighted by molar-refractivity contribution is 5.88. The van der Waals surface area contributed by atoms with Crippen molar-refractivity contribution in [1.29, 1.82) is 0 Å². The van der Waals surface area contributed by atoms with Crippen LogP contribution >= 0.6 is 0 Å². The lowest BCUT2D eigenvalue weighted by molar-refractivity contribution is -0.161. The summed E-state index contributed by atoms with van der Waals surface area (Å²) in [5.41, 5.74) is 0.169. The molecule has 0 N–H and O–H groups in total. The summed E-state index contributed by atoms with van der Waals surface area (Å²) in [6.07, 6.45) is 8.45. The van der Waals surface area contributed by atoms with E-state index in [1.165, 1.54) is 26.2 Å². The van der Waals surface area contributed by atoms with Gasteiger partial charge in [0.15, 0.2) is 5.78 Å². The Hall–Kier alpha value is -0.900. The minimum Gasteiger partial charge on any atom is -0.462 e. The highest BCUT2D eigenvalue weighted by atomic mass is 16.6. The maximum Gasteiger partial charge on any atom is 0.302 e. The number of ether oxygens (including phenoxy) is 2. The molecule has 5 fully saturated rings. The summed E-state index contributed by atoms with van der Waals surface area (Å²) in [6.45, 7) is 6.32. The molecular weight excluding hydrogens is 316 g/mol. The minimum absolute atomic E-state index is 0.0949. The molecule has 5 aliphatic rings. The van der Waals surface area contributed by atoms with Crippen molar-refractivity contribution in [2.45, 2.75) is 89.9 Å². The Morgan fingerprint density at radius 2 is 1.88 bits per heavy atom. The number of Topliss-reactive ketones (excluding diaryl/α,β-unsaturated/α-hetero) is 1. The third-order valence-corrected chi connectivity index (χ3v) is 9.17. The summed E-state index contributed by atoms with van der Waals surface area (Å²) < 4.78 is 11.9. The molecule has 0 aromatic heterocycles. The van der Waals surface area contributed by atoms with E-state index >= 15 is 0 Å². The van der Waals surface area contributed by atoms with Crippen molar-refractivity contribution in [2.75, 3.05) is 0 Å². The van der Waals surface area contributed by atoms with Crippen LogP contribution in [-0.4, -0.2) is 29.6 Å². The van der Waals surface area contributed by atoms with Gasteiger partial charge in [-0.1, -0.05) is 13.8 Å². The van der Waals surface area contributed by atoms with Crippen molar-refractivity contribution in [2.24, 2.45) is 28.6 Å². The maximum absolute atomic E-state index is 12.2. The number of carbonyl (C=O) groups is 2. The zero-order valence-electron chi connectivity index (χ0n) is 15.7. The van der Waals surface area contributed by atoms with E-state index in [0.717, 1.165) is 25.7 Å². The average molecular weight is 346 g/mol. The van der Waals surface area contributed by atoms with Gasteiger partial charge in [0.05, 0.1) is 0 Å². The van der Waals surface area contributed by atoms with Gasteiger partial charge in [0, 0.05) is 24.2 Å². The highest BCUT2D eigenvalue weighted by Crippen LogP contribution is 2.72. The van der Waals surface area contributed by atoms with Crippen LogP contribution in [0, 0.1) is 28.6 Å². The number of hydrogen-bond donors (Lipinski definition) is 0. The topological polar surface area (TPSA) is 55.9 Å². The molecule has 1 saturated heterocycles. The Morgan fingerprint density at radius 3 is 2.64 bits per heavy atom. The second-order valence-corrected chi connectivity index (χ2v) is 9.91. The second-order valence-electron chi connectivity index (χ2n) is 9.91. The van der Waals surface area contributed by atoms with Gasteiger partial charge < -0.3 is 9.47 Å². The molecule has 4 saturated carbocycles. The number of epoxide rings is 1. The molecule has 0 amide bonds. The fourth-order valence-electron chi connectivity index (χ4n) is 7.84. The third-order valence-electron chi connectivity index (χ3n) is 9.17. The molecule has 138 valence electrons. The van der Waals surface area contributed by atoms with Gasteiger partial charge in [0.1, 0.15) is 17.8 Å². The molecule has 4 aliphatic carbocycles. The highest BCUT2D eigenvalue weighted by Gasteiger charge is 2.76. The van der Waals surface area contributed by atoms with Crippen molar-refractivity contribution in [3.8, 4) is 0 Å². The molecule has 0 radical (unpaired) electrons. The number of esters is 1. The summed E-state index contributed by atoms with van der Waals surface area (Å²) >= 11 is 0. The molecule has 0 bridgehead atoms. The van der Waals surface area contributed by atoms with Crippen LogP contribution in [-0.2, 0) is 19.1 Å². The molecule has 5 rings (SSSR count). The molecule has 25 heavy (non-hydrogen) atoms. The molecule has 0 aromatic rings. The number of rotatable bonds is 1. The van der Waals surface area contributed by atoms with Crippen LogP contribution < -0.4 is 0 Å². The van der Waals surface area contributed by atoms with E-state index < -0.39 is 0 Å². The van der Waals surface area contributed by atoms with E-state index in [4.69, 9.17) is 9.47 Å². The Bertz CT molecular complexity index is 644. The largest absolute Gasteiger partial charge is 0.462 e. The molecular formula is C21H30O4. The first kappa shape index (κ1) is 16.3. The lowest BCUT2D eigenvalue weighted by Gasteiger charge is -2.59. The Labute approximate surface area is 150 Å². The predicted molar refractivity (Wildman–Crippen MR) is 91.8 cm³/mol. The van der Waals surface area contributed by atoms with Gasteiger partial charge in [-0.05, 0) is 62.7 Å². The van der Waals surface area contributed by atoms with Crippen LogP contribution in [0.2, 0.25) is 0 Å². The number of ketones is 1. The van der Waals surface area contributed by atoms with Crippen LogP contribution in [0.1, 0.15) is 72.1 Å². The first-order valence-corrected chi connectivity index (χ1v) is 10.2. The van der Waals surface area contributed by atoms with E-state index in [-0.39, 0.29) is 34.6 Å². The van der Waals surface area contributed by atoms with Crippen molar-refractivity contribution in [3.63, 3.8) is 0 Å². The summed E-state index contributed by atoms with van der Waals surface area (Å²) in [4.78, 5) is 23.7. The van der Waals surface area contributed by atoms with Crippen molar-refractivity contribution in [3.05, 3.63) is 0 Å². The van der Waals surface area contributed by atoms with E-state index in [9.17, 15) is 9.59 Å². The van der Waals surface area contributed by atoms with Gasteiger partial charge in [-0.3, -0.25) is 9.59 Å². The standard InChI is InChI=1S/C21H30O4/c1-12(22)24-17-5-4-14-13-6-11-21-18(25-21)16(23)8-10-20(21,3)15(13)7-9-19(14,17)2/h13-15,17-18H,4-11H2,1-3H3/t13-,14-,15-,17+,18-,19-,20+,21-/m0/s1. The van der Waals surface area contributed by atoms with Crippen molar-refractivity contribution in [1.82, 2.24) is 0 Å². The SMILES string of the molecule is CC(=O)O[C@@H]1CC[C@H]2[C@@H]3CC[C@]45O[C@H]4C(=O)CC[C@]5(C)[C@H]3CC[C@]12C. The van der Waals surface area contributed by atoms with Gasteiger partial charge in [0.25, 0.3) is 0 Å². The van der Waals surface area contributed by atoms with Crippen LogP contribution in [0.4, 0.5) is 0 Å².